The van der Waals surface area contributed by atoms with E-state index >= 15 is 0 Å². The maximum absolute atomic E-state index is 13.3. The molecule has 2 fully saturated rings. The van der Waals surface area contributed by atoms with Crippen molar-refractivity contribution in [3.63, 3.8) is 0 Å². The number of hydrogen-bond donors (Lipinski definition) is 1. The molecule has 1 unspecified atom stereocenters. The number of nitrogens with one attached hydrogen (secondary N) is 1. The molecule has 120 valence electrons. The van der Waals surface area contributed by atoms with E-state index in [0.717, 1.165) is 24.6 Å². The van der Waals surface area contributed by atoms with Crippen molar-refractivity contribution in [1.82, 2.24) is 10.2 Å². The lowest BCUT2D eigenvalue weighted by Gasteiger charge is -2.33. The summed E-state index contributed by atoms with van der Waals surface area (Å²) in [5.41, 5.74) is 0.558. The molecule has 1 saturated heterocycles. The number of amides is 1. The zero-order valence-electron chi connectivity index (χ0n) is 12.4. The van der Waals surface area contributed by atoms with Crippen molar-refractivity contribution in [3.8, 4) is 0 Å². The summed E-state index contributed by atoms with van der Waals surface area (Å²) in [5.74, 6) is -1.02. The van der Waals surface area contributed by atoms with Gasteiger partial charge in [-0.25, -0.2) is 8.78 Å². The average molecular weight is 310 g/mol. The molecule has 1 amide bonds. The Balaban J connectivity index is 1.55. The van der Waals surface area contributed by atoms with Gasteiger partial charge in [-0.3, -0.25) is 4.79 Å². The van der Waals surface area contributed by atoms with E-state index in [1.54, 1.807) is 4.90 Å². The van der Waals surface area contributed by atoms with E-state index in [9.17, 15) is 13.6 Å². The van der Waals surface area contributed by atoms with E-state index < -0.39 is 17.7 Å². The molecule has 1 saturated carbocycles. The minimum atomic E-state index is -0.893. The summed E-state index contributed by atoms with van der Waals surface area (Å²) in [4.78, 5) is 13.9. The van der Waals surface area contributed by atoms with Crippen LogP contribution in [0, 0.1) is 17.6 Å². The average Bonchev–Trinajstić information content (AvgIpc) is 3.34. The van der Waals surface area contributed by atoms with Crippen LogP contribution in [-0.4, -0.2) is 43.6 Å². The van der Waals surface area contributed by atoms with Crippen molar-refractivity contribution in [3.05, 3.63) is 35.4 Å². The van der Waals surface area contributed by atoms with Crippen LogP contribution in [0.15, 0.2) is 18.2 Å². The molecular formula is C16H20F2N2O2. The van der Waals surface area contributed by atoms with Gasteiger partial charge >= 0.3 is 0 Å². The van der Waals surface area contributed by atoms with Crippen LogP contribution in [0.3, 0.4) is 0 Å². The van der Waals surface area contributed by atoms with E-state index in [0.29, 0.717) is 31.8 Å². The number of benzene rings is 1. The molecule has 1 aromatic rings. The third kappa shape index (κ3) is 3.81. The Morgan fingerprint density at radius 1 is 1.32 bits per heavy atom. The molecular weight excluding hydrogens is 290 g/mol. The highest BCUT2D eigenvalue weighted by molar-refractivity contribution is 5.78. The van der Waals surface area contributed by atoms with Crippen LogP contribution in [0.2, 0.25) is 0 Å². The van der Waals surface area contributed by atoms with Gasteiger partial charge in [0.25, 0.3) is 0 Å². The summed E-state index contributed by atoms with van der Waals surface area (Å²) in [6, 6.07) is 3.73. The molecule has 0 spiro atoms. The first kappa shape index (κ1) is 15.4. The van der Waals surface area contributed by atoms with Crippen LogP contribution < -0.4 is 5.32 Å². The minimum absolute atomic E-state index is 0.0246. The summed E-state index contributed by atoms with van der Waals surface area (Å²) < 4.78 is 31.9. The maximum Gasteiger partial charge on any atom is 0.236 e. The number of nitrogens with zero attached hydrogens (tertiary/aromatic N) is 1. The minimum Gasteiger partial charge on any atom is -0.370 e. The molecule has 1 atom stereocenters. The van der Waals surface area contributed by atoms with Crippen LogP contribution >= 0.6 is 0 Å². The normalized spacial score (nSPS) is 21.9. The molecule has 22 heavy (non-hydrogen) atoms. The molecule has 1 N–H and O–H groups in total. The SMILES string of the molecule is O=C(CNCC1CC1)N1CCOC(c2ccc(F)c(F)c2)C1. The molecule has 1 heterocycles. The number of halogens is 2. The van der Waals surface area contributed by atoms with Gasteiger partial charge in [0.05, 0.1) is 19.7 Å². The smallest absolute Gasteiger partial charge is 0.236 e. The van der Waals surface area contributed by atoms with Crippen molar-refractivity contribution < 1.29 is 18.3 Å². The predicted octanol–water partition coefficient (Wildman–Crippen LogP) is 1.86. The first-order valence-corrected chi connectivity index (χ1v) is 7.68. The highest BCUT2D eigenvalue weighted by atomic mass is 19.2. The largest absolute Gasteiger partial charge is 0.370 e. The first-order chi connectivity index (χ1) is 10.6. The molecule has 6 heteroatoms. The Morgan fingerprint density at radius 2 is 2.14 bits per heavy atom. The topological polar surface area (TPSA) is 41.6 Å². The summed E-state index contributed by atoms with van der Waals surface area (Å²) in [6.45, 7) is 2.51. The van der Waals surface area contributed by atoms with Crippen LogP contribution in [-0.2, 0) is 9.53 Å². The Labute approximate surface area is 128 Å². The fourth-order valence-corrected chi connectivity index (χ4v) is 2.61. The second kappa shape index (κ2) is 6.71. The van der Waals surface area contributed by atoms with Gasteiger partial charge in [0.1, 0.15) is 6.10 Å². The van der Waals surface area contributed by atoms with Gasteiger partial charge < -0.3 is 15.0 Å². The number of carbonyl (C=O) groups is 1. The lowest BCUT2D eigenvalue weighted by molar-refractivity contribution is -0.138. The molecule has 2 aliphatic rings. The lowest BCUT2D eigenvalue weighted by Crippen LogP contribution is -2.46. The predicted molar refractivity (Wildman–Crippen MR) is 77.2 cm³/mol. The Kier molecular flexibility index (Phi) is 4.69. The molecule has 3 rings (SSSR count). The number of carbonyl (C=O) groups excluding carboxylic acids is 1. The summed E-state index contributed by atoms with van der Waals surface area (Å²) >= 11 is 0. The third-order valence-corrected chi connectivity index (χ3v) is 4.14. The molecule has 1 aliphatic heterocycles. The van der Waals surface area contributed by atoms with E-state index in [2.05, 4.69) is 5.32 Å². The Morgan fingerprint density at radius 3 is 2.86 bits per heavy atom. The van der Waals surface area contributed by atoms with Crippen molar-refractivity contribution in [2.45, 2.75) is 18.9 Å². The van der Waals surface area contributed by atoms with E-state index in [1.165, 1.54) is 18.9 Å². The molecule has 4 nitrogen and oxygen atoms in total. The molecule has 0 bridgehead atoms. The Bertz CT molecular complexity index is 549. The van der Waals surface area contributed by atoms with Gasteiger partial charge in [-0.1, -0.05) is 6.07 Å². The van der Waals surface area contributed by atoms with Crippen molar-refractivity contribution in [2.75, 3.05) is 32.8 Å². The summed E-state index contributed by atoms with van der Waals surface area (Å²) in [7, 11) is 0. The van der Waals surface area contributed by atoms with Crippen LogP contribution in [0.1, 0.15) is 24.5 Å². The fourth-order valence-electron chi connectivity index (χ4n) is 2.61. The zero-order chi connectivity index (χ0) is 15.5. The fraction of sp³-hybridized carbons (Fsp3) is 0.562. The van der Waals surface area contributed by atoms with Crippen LogP contribution in [0.25, 0.3) is 0 Å². The monoisotopic (exact) mass is 310 g/mol. The van der Waals surface area contributed by atoms with Gasteiger partial charge in [0.15, 0.2) is 11.6 Å². The van der Waals surface area contributed by atoms with Gasteiger partial charge in [-0.2, -0.15) is 0 Å². The molecule has 1 aromatic carbocycles. The molecule has 0 radical (unpaired) electrons. The van der Waals surface area contributed by atoms with Gasteiger partial charge in [-0.15, -0.1) is 0 Å². The molecule has 1 aliphatic carbocycles. The van der Waals surface area contributed by atoms with E-state index in [1.807, 2.05) is 0 Å². The zero-order valence-corrected chi connectivity index (χ0v) is 12.4. The quantitative estimate of drug-likeness (QED) is 0.903. The first-order valence-electron chi connectivity index (χ1n) is 7.68. The number of morpholine rings is 1. The number of hydrogen-bond acceptors (Lipinski definition) is 3. The maximum atomic E-state index is 13.3. The third-order valence-electron chi connectivity index (χ3n) is 4.14. The van der Waals surface area contributed by atoms with Gasteiger partial charge in [-0.05, 0) is 43.0 Å². The summed E-state index contributed by atoms with van der Waals surface area (Å²) in [5, 5.41) is 3.17. The van der Waals surface area contributed by atoms with Gasteiger partial charge in [0, 0.05) is 6.54 Å². The van der Waals surface area contributed by atoms with E-state index in [-0.39, 0.29) is 5.91 Å². The number of rotatable bonds is 5. The standard InChI is InChI=1S/C16H20F2N2O2/c17-13-4-3-12(7-14(13)18)15-10-20(5-6-22-15)16(21)9-19-8-11-1-2-11/h3-4,7,11,15,19H,1-2,5-6,8-10H2. The second-order valence-electron chi connectivity index (χ2n) is 5.95. The van der Waals surface area contributed by atoms with Crippen molar-refractivity contribution in [1.29, 1.82) is 0 Å². The summed E-state index contributed by atoms with van der Waals surface area (Å²) in [6.07, 6.45) is 2.09. The highest BCUT2D eigenvalue weighted by Crippen LogP contribution is 2.27. The van der Waals surface area contributed by atoms with Gasteiger partial charge in [0.2, 0.25) is 5.91 Å². The Hall–Kier alpha value is -1.53. The lowest BCUT2D eigenvalue weighted by atomic mass is 10.1. The molecule has 0 aromatic heterocycles. The van der Waals surface area contributed by atoms with Crippen LogP contribution in [0.5, 0.6) is 0 Å². The second-order valence-corrected chi connectivity index (χ2v) is 5.95. The van der Waals surface area contributed by atoms with Crippen LogP contribution in [0.4, 0.5) is 8.78 Å². The van der Waals surface area contributed by atoms with Crippen molar-refractivity contribution >= 4 is 5.91 Å². The highest BCUT2D eigenvalue weighted by Gasteiger charge is 2.26. The van der Waals surface area contributed by atoms with E-state index in [4.69, 9.17) is 4.74 Å². The van der Waals surface area contributed by atoms with Crippen molar-refractivity contribution in [2.24, 2.45) is 5.92 Å². The number of ether oxygens (including phenoxy) is 1.